The zero-order chi connectivity index (χ0) is 13.9. The summed E-state index contributed by atoms with van der Waals surface area (Å²) in [6, 6.07) is 3.91. The van der Waals surface area contributed by atoms with Crippen LogP contribution in [0.4, 0.5) is 5.82 Å². The molecule has 20 heavy (non-hydrogen) atoms. The third-order valence-corrected chi connectivity index (χ3v) is 3.50. The van der Waals surface area contributed by atoms with Gasteiger partial charge in [0.05, 0.1) is 4.47 Å². The van der Waals surface area contributed by atoms with Gasteiger partial charge in [-0.25, -0.2) is 4.98 Å². The number of anilines is 1. The summed E-state index contributed by atoms with van der Waals surface area (Å²) < 4.78 is 12.1. The molecular formula is C14H14BrN3O2. The van der Waals surface area contributed by atoms with Gasteiger partial charge in [0.25, 0.3) is 0 Å². The van der Waals surface area contributed by atoms with Crippen LogP contribution in [0, 0.1) is 0 Å². The van der Waals surface area contributed by atoms with E-state index in [0.29, 0.717) is 13.2 Å². The van der Waals surface area contributed by atoms with Crippen LogP contribution in [-0.4, -0.2) is 29.7 Å². The first-order valence-corrected chi connectivity index (χ1v) is 7.23. The van der Waals surface area contributed by atoms with Crippen molar-refractivity contribution in [3.8, 4) is 22.8 Å². The Bertz CT molecular complexity index is 634. The molecule has 1 aliphatic rings. The summed E-state index contributed by atoms with van der Waals surface area (Å²) in [6.07, 6.45) is 3.36. The summed E-state index contributed by atoms with van der Waals surface area (Å²) >= 11 is 3.52. The predicted molar refractivity (Wildman–Crippen MR) is 80.3 cm³/mol. The molecule has 104 valence electrons. The van der Waals surface area contributed by atoms with E-state index in [1.165, 1.54) is 0 Å². The van der Waals surface area contributed by atoms with E-state index in [-0.39, 0.29) is 0 Å². The largest absolute Gasteiger partial charge is 0.486 e. The zero-order valence-electron chi connectivity index (χ0n) is 11.0. The Morgan fingerprint density at radius 3 is 2.85 bits per heavy atom. The molecule has 1 aliphatic heterocycles. The monoisotopic (exact) mass is 335 g/mol. The predicted octanol–water partition coefficient (Wildman–Crippen LogP) is 3.11. The first-order chi connectivity index (χ1) is 9.79. The van der Waals surface area contributed by atoms with Crippen molar-refractivity contribution in [1.82, 2.24) is 9.97 Å². The highest BCUT2D eigenvalue weighted by Crippen LogP contribution is 2.41. The maximum atomic E-state index is 5.64. The second kappa shape index (κ2) is 5.66. The van der Waals surface area contributed by atoms with Crippen LogP contribution in [0.2, 0.25) is 0 Å². The third kappa shape index (κ3) is 2.43. The Morgan fingerprint density at radius 1 is 1.20 bits per heavy atom. The molecule has 0 aliphatic carbocycles. The van der Waals surface area contributed by atoms with Gasteiger partial charge >= 0.3 is 0 Å². The third-order valence-electron chi connectivity index (χ3n) is 2.91. The number of nitrogens with zero attached hydrogens (tertiary/aromatic N) is 2. The minimum Gasteiger partial charge on any atom is -0.486 e. The minimum atomic E-state index is 0.559. The van der Waals surface area contributed by atoms with Crippen LogP contribution < -0.4 is 14.8 Å². The second-order valence-corrected chi connectivity index (χ2v) is 5.12. The molecule has 0 fully saturated rings. The highest BCUT2D eigenvalue weighted by Gasteiger charge is 2.18. The topological polar surface area (TPSA) is 56.3 Å². The first kappa shape index (κ1) is 13.2. The Balaban J connectivity index is 2.09. The maximum absolute atomic E-state index is 5.64. The molecule has 0 saturated heterocycles. The van der Waals surface area contributed by atoms with Gasteiger partial charge in [-0.3, -0.25) is 4.98 Å². The molecule has 0 spiro atoms. The number of hydrogen-bond acceptors (Lipinski definition) is 5. The second-order valence-electron chi connectivity index (χ2n) is 4.27. The molecule has 6 heteroatoms. The summed E-state index contributed by atoms with van der Waals surface area (Å²) in [5.41, 5.74) is 1.73. The molecule has 2 heterocycles. The van der Waals surface area contributed by atoms with Crippen LogP contribution in [0.25, 0.3) is 11.3 Å². The van der Waals surface area contributed by atoms with Gasteiger partial charge in [-0.2, -0.15) is 0 Å². The van der Waals surface area contributed by atoms with Crippen LogP contribution in [0.3, 0.4) is 0 Å². The van der Waals surface area contributed by atoms with Gasteiger partial charge in [-0.1, -0.05) is 0 Å². The van der Waals surface area contributed by atoms with E-state index in [2.05, 4.69) is 31.2 Å². The first-order valence-electron chi connectivity index (χ1n) is 6.44. The molecular weight excluding hydrogens is 322 g/mol. The summed E-state index contributed by atoms with van der Waals surface area (Å²) in [6.45, 7) is 3.94. The summed E-state index contributed by atoms with van der Waals surface area (Å²) in [5.74, 6) is 2.24. The van der Waals surface area contributed by atoms with Gasteiger partial charge in [-0.15, -0.1) is 0 Å². The van der Waals surface area contributed by atoms with E-state index in [1.54, 1.807) is 12.4 Å². The average Bonchev–Trinajstić information content (AvgIpc) is 2.48. The summed E-state index contributed by atoms with van der Waals surface area (Å²) in [4.78, 5) is 8.74. The lowest BCUT2D eigenvalue weighted by Crippen LogP contribution is -2.15. The van der Waals surface area contributed by atoms with Crippen LogP contribution >= 0.6 is 15.9 Å². The fourth-order valence-corrected chi connectivity index (χ4v) is 2.65. The van der Waals surface area contributed by atoms with Crippen molar-refractivity contribution in [2.45, 2.75) is 6.92 Å². The number of nitrogens with one attached hydrogen (secondary N) is 1. The Kier molecular flexibility index (Phi) is 3.73. The van der Waals surface area contributed by atoms with Crippen LogP contribution in [0.15, 0.2) is 29.0 Å². The van der Waals surface area contributed by atoms with Gasteiger partial charge in [0.2, 0.25) is 0 Å². The van der Waals surface area contributed by atoms with Gasteiger partial charge in [0, 0.05) is 24.5 Å². The highest BCUT2D eigenvalue weighted by atomic mass is 79.9. The quantitative estimate of drug-likeness (QED) is 0.933. The standard InChI is InChI=1S/C14H14BrN3O2/c1-2-16-14-12(17-3-4-18-14)9-7-10(15)13-11(8-9)19-5-6-20-13/h3-4,7-8H,2,5-6H2,1H3,(H,16,18). The lowest BCUT2D eigenvalue weighted by atomic mass is 10.1. The Hall–Kier alpha value is -1.82. The fourth-order valence-electron chi connectivity index (χ4n) is 2.09. The SMILES string of the molecule is CCNc1nccnc1-c1cc(Br)c2c(c1)OCCO2. The highest BCUT2D eigenvalue weighted by molar-refractivity contribution is 9.10. The maximum Gasteiger partial charge on any atom is 0.175 e. The molecule has 3 rings (SSSR count). The van der Waals surface area contributed by atoms with Crippen LogP contribution in [-0.2, 0) is 0 Å². The molecule has 0 saturated carbocycles. The van der Waals surface area contributed by atoms with E-state index < -0.39 is 0 Å². The lowest BCUT2D eigenvalue weighted by Gasteiger charge is -2.20. The number of aromatic nitrogens is 2. The van der Waals surface area contributed by atoms with E-state index >= 15 is 0 Å². The van der Waals surface area contributed by atoms with Crippen molar-refractivity contribution >= 4 is 21.7 Å². The molecule has 0 atom stereocenters. The summed E-state index contributed by atoms with van der Waals surface area (Å²) in [7, 11) is 0. The molecule has 0 radical (unpaired) electrons. The number of rotatable bonds is 3. The molecule has 1 aromatic carbocycles. The van der Waals surface area contributed by atoms with Crippen LogP contribution in [0.1, 0.15) is 6.92 Å². The molecule has 2 aromatic rings. The number of fused-ring (bicyclic) bond motifs is 1. The minimum absolute atomic E-state index is 0.559. The van der Waals surface area contributed by atoms with Crippen molar-refractivity contribution in [3.05, 3.63) is 29.0 Å². The van der Waals surface area contributed by atoms with E-state index in [0.717, 1.165) is 39.6 Å². The van der Waals surface area contributed by atoms with E-state index in [4.69, 9.17) is 9.47 Å². The Morgan fingerprint density at radius 2 is 2.00 bits per heavy atom. The van der Waals surface area contributed by atoms with Gasteiger partial charge in [0.1, 0.15) is 18.9 Å². The van der Waals surface area contributed by atoms with Crippen molar-refractivity contribution in [3.63, 3.8) is 0 Å². The number of halogens is 1. The van der Waals surface area contributed by atoms with Crippen molar-refractivity contribution < 1.29 is 9.47 Å². The van der Waals surface area contributed by atoms with Gasteiger partial charge in [-0.05, 0) is 35.0 Å². The lowest BCUT2D eigenvalue weighted by molar-refractivity contribution is 0.170. The van der Waals surface area contributed by atoms with E-state index in [9.17, 15) is 0 Å². The molecule has 0 amide bonds. The molecule has 0 bridgehead atoms. The Labute approximate surface area is 125 Å². The van der Waals surface area contributed by atoms with Crippen molar-refractivity contribution in [2.24, 2.45) is 0 Å². The van der Waals surface area contributed by atoms with Crippen molar-refractivity contribution in [2.75, 3.05) is 25.1 Å². The van der Waals surface area contributed by atoms with Gasteiger partial charge in [0.15, 0.2) is 17.3 Å². The molecule has 1 aromatic heterocycles. The molecule has 1 N–H and O–H groups in total. The smallest absolute Gasteiger partial charge is 0.175 e. The normalized spacial score (nSPS) is 13.1. The average molecular weight is 336 g/mol. The molecule has 0 unspecified atom stereocenters. The van der Waals surface area contributed by atoms with Crippen molar-refractivity contribution in [1.29, 1.82) is 0 Å². The number of hydrogen-bond donors (Lipinski definition) is 1. The zero-order valence-corrected chi connectivity index (χ0v) is 12.6. The van der Waals surface area contributed by atoms with E-state index in [1.807, 2.05) is 19.1 Å². The molecule has 5 nitrogen and oxygen atoms in total. The fraction of sp³-hybridized carbons (Fsp3) is 0.286. The summed E-state index contributed by atoms with van der Waals surface area (Å²) in [5, 5.41) is 3.21. The van der Waals surface area contributed by atoms with Crippen LogP contribution in [0.5, 0.6) is 11.5 Å². The number of ether oxygens (including phenoxy) is 2. The van der Waals surface area contributed by atoms with Gasteiger partial charge < -0.3 is 14.8 Å². The number of benzene rings is 1.